The van der Waals surface area contributed by atoms with Crippen LogP contribution in [0, 0.1) is 23.0 Å². The number of halogens is 3. The highest BCUT2D eigenvalue weighted by molar-refractivity contribution is 6.34. The van der Waals surface area contributed by atoms with Crippen molar-refractivity contribution >= 4 is 28.3 Å². The Morgan fingerprint density at radius 1 is 1.17 bits per heavy atom. The molecule has 2 saturated heterocycles. The zero-order valence-corrected chi connectivity index (χ0v) is 20.0. The second-order valence-corrected chi connectivity index (χ2v) is 10.6. The number of fused-ring (bicyclic) bond motifs is 1. The Morgan fingerprint density at radius 3 is 2.66 bits per heavy atom. The second kappa shape index (κ2) is 8.75. The van der Waals surface area contributed by atoms with Crippen molar-refractivity contribution in [2.75, 3.05) is 37.7 Å². The fraction of sp³-hybridized carbons (Fsp3) is 0.462. The van der Waals surface area contributed by atoms with Crippen LogP contribution in [0.4, 0.5) is 14.6 Å². The SMILES string of the molecule is Oc1cccc(F)c1-c1c(Cl)cc2c(N3CCC4(CNC4)C3)nc(OCC3CCCC3)nc2c1F. The molecule has 2 N–H and O–H groups in total. The molecule has 1 spiro atoms. The van der Waals surface area contributed by atoms with Crippen molar-refractivity contribution in [3.63, 3.8) is 0 Å². The predicted molar refractivity (Wildman–Crippen MR) is 131 cm³/mol. The lowest BCUT2D eigenvalue weighted by atomic mass is 9.81. The summed E-state index contributed by atoms with van der Waals surface area (Å²) in [6.45, 7) is 3.95. The Bertz CT molecular complexity index is 1270. The lowest BCUT2D eigenvalue weighted by molar-refractivity contribution is 0.199. The van der Waals surface area contributed by atoms with Gasteiger partial charge in [0.1, 0.15) is 22.9 Å². The van der Waals surface area contributed by atoms with E-state index in [0.29, 0.717) is 23.7 Å². The van der Waals surface area contributed by atoms with Crippen molar-refractivity contribution in [2.24, 2.45) is 11.3 Å². The summed E-state index contributed by atoms with van der Waals surface area (Å²) in [6.07, 6.45) is 5.58. The molecule has 3 aromatic rings. The number of aromatic hydroxyl groups is 1. The quantitative estimate of drug-likeness (QED) is 0.495. The maximum absolute atomic E-state index is 16.1. The van der Waals surface area contributed by atoms with Crippen LogP contribution in [0.2, 0.25) is 5.02 Å². The molecule has 0 bridgehead atoms. The number of aromatic nitrogens is 2. The number of phenolic OH excluding ortho intramolecular Hbond substituents is 1. The Kier molecular flexibility index (Phi) is 5.68. The van der Waals surface area contributed by atoms with E-state index in [-0.39, 0.29) is 33.1 Å². The molecule has 0 unspecified atom stereocenters. The molecule has 0 atom stereocenters. The molecular formula is C26H27ClF2N4O2. The van der Waals surface area contributed by atoms with Gasteiger partial charge in [-0.1, -0.05) is 30.5 Å². The van der Waals surface area contributed by atoms with Gasteiger partial charge in [-0.3, -0.25) is 0 Å². The normalized spacial score (nSPS) is 19.6. The fourth-order valence-electron chi connectivity index (χ4n) is 5.71. The van der Waals surface area contributed by atoms with Crippen molar-refractivity contribution in [1.29, 1.82) is 0 Å². The topological polar surface area (TPSA) is 70.5 Å². The zero-order chi connectivity index (χ0) is 24.2. The van der Waals surface area contributed by atoms with Gasteiger partial charge in [0.15, 0.2) is 5.82 Å². The summed E-state index contributed by atoms with van der Waals surface area (Å²) in [6, 6.07) is 5.50. The lowest BCUT2D eigenvalue weighted by Gasteiger charge is -2.39. The van der Waals surface area contributed by atoms with Gasteiger partial charge in [0, 0.05) is 42.5 Å². The van der Waals surface area contributed by atoms with Crippen LogP contribution in [0.3, 0.4) is 0 Å². The van der Waals surface area contributed by atoms with Gasteiger partial charge < -0.3 is 20.1 Å². The highest BCUT2D eigenvalue weighted by Gasteiger charge is 2.44. The van der Waals surface area contributed by atoms with E-state index in [1.807, 2.05) is 0 Å². The van der Waals surface area contributed by atoms with Crippen LogP contribution >= 0.6 is 11.6 Å². The molecule has 3 aliphatic rings. The maximum atomic E-state index is 16.1. The Hall–Kier alpha value is -2.71. The van der Waals surface area contributed by atoms with Crippen LogP contribution in [0.1, 0.15) is 32.1 Å². The third-order valence-corrected chi connectivity index (χ3v) is 8.04. The van der Waals surface area contributed by atoms with Crippen molar-refractivity contribution in [3.8, 4) is 22.9 Å². The van der Waals surface area contributed by atoms with E-state index in [1.165, 1.54) is 25.0 Å². The Balaban J connectivity index is 1.48. The second-order valence-electron chi connectivity index (χ2n) is 10.1. The van der Waals surface area contributed by atoms with Gasteiger partial charge in [0.25, 0.3) is 0 Å². The van der Waals surface area contributed by atoms with E-state index in [4.69, 9.17) is 21.3 Å². The number of hydrogen-bond acceptors (Lipinski definition) is 6. The minimum absolute atomic E-state index is 0.00570. The first-order chi connectivity index (χ1) is 16.9. The molecule has 6 nitrogen and oxygen atoms in total. The van der Waals surface area contributed by atoms with Crippen molar-refractivity contribution < 1.29 is 18.6 Å². The molecule has 0 amide bonds. The first-order valence-corrected chi connectivity index (χ1v) is 12.6. The standard InChI is InChI=1S/C26H27ClF2N4O2/c27-17-10-16-23(22(29)20(17)21-18(28)6-3-7-19(21)34)31-25(35-11-15-4-1-2-5-15)32-24(16)33-9-8-26(14-33)12-30-13-26/h3,6-7,10,15,30,34H,1-2,4-5,8-9,11-14H2. The van der Waals surface area contributed by atoms with E-state index in [0.717, 1.165) is 51.5 Å². The third kappa shape index (κ3) is 3.96. The summed E-state index contributed by atoms with van der Waals surface area (Å²) in [7, 11) is 0. The minimum atomic E-state index is -0.804. The van der Waals surface area contributed by atoms with E-state index < -0.39 is 17.4 Å². The number of phenols is 1. The maximum Gasteiger partial charge on any atom is 0.319 e. The van der Waals surface area contributed by atoms with Gasteiger partial charge in [0.2, 0.25) is 0 Å². The Labute approximate surface area is 207 Å². The lowest BCUT2D eigenvalue weighted by Crippen LogP contribution is -2.54. The summed E-state index contributed by atoms with van der Waals surface area (Å²) < 4.78 is 36.7. The summed E-state index contributed by atoms with van der Waals surface area (Å²) in [5, 5.41) is 14.1. The van der Waals surface area contributed by atoms with E-state index in [1.54, 1.807) is 6.07 Å². The minimum Gasteiger partial charge on any atom is -0.507 e. The monoisotopic (exact) mass is 500 g/mol. The molecule has 3 fully saturated rings. The van der Waals surface area contributed by atoms with Gasteiger partial charge in [-0.15, -0.1) is 0 Å². The number of rotatable bonds is 5. The Morgan fingerprint density at radius 2 is 1.97 bits per heavy atom. The van der Waals surface area contributed by atoms with Gasteiger partial charge >= 0.3 is 6.01 Å². The fourth-order valence-corrected chi connectivity index (χ4v) is 5.99. The smallest absolute Gasteiger partial charge is 0.319 e. The van der Waals surface area contributed by atoms with Gasteiger partial charge in [0.05, 0.1) is 17.2 Å². The molecule has 2 aliphatic heterocycles. The molecule has 1 saturated carbocycles. The van der Waals surface area contributed by atoms with Crippen molar-refractivity contribution in [2.45, 2.75) is 32.1 Å². The third-order valence-electron chi connectivity index (χ3n) is 7.74. The summed E-state index contributed by atoms with van der Waals surface area (Å²) in [4.78, 5) is 11.3. The average molecular weight is 501 g/mol. The van der Waals surface area contributed by atoms with Crippen LogP contribution in [-0.2, 0) is 0 Å². The molecule has 35 heavy (non-hydrogen) atoms. The van der Waals surface area contributed by atoms with Crippen LogP contribution in [0.15, 0.2) is 24.3 Å². The zero-order valence-electron chi connectivity index (χ0n) is 19.3. The number of benzene rings is 2. The van der Waals surface area contributed by atoms with Crippen molar-refractivity contribution in [3.05, 3.63) is 40.9 Å². The highest BCUT2D eigenvalue weighted by Crippen LogP contribution is 2.44. The van der Waals surface area contributed by atoms with Gasteiger partial charge in [-0.05, 0) is 43.4 Å². The van der Waals surface area contributed by atoms with Gasteiger partial charge in [-0.25, -0.2) is 8.78 Å². The number of anilines is 1. The number of hydrogen-bond donors (Lipinski definition) is 2. The van der Waals surface area contributed by atoms with Crippen LogP contribution in [0.25, 0.3) is 22.0 Å². The first kappa shape index (κ1) is 22.7. The molecule has 1 aromatic heterocycles. The van der Waals surface area contributed by atoms with Gasteiger partial charge in [-0.2, -0.15) is 9.97 Å². The van der Waals surface area contributed by atoms with Crippen LogP contribution < -0.4 is 15.0 Å². The molecule has 3 heterocycles. The van der Waals surface area contributed by atoms with Crippen LogP contribution in [-0.4, -0.2) is 47.9 Å². The summed E-state index contributed by atoms with van der Waals surface area (Å²) in [5.41, 5.74) is -0.303. The molecule has 0 radical (unpaired) electrons. The first-order valence-electron chi connectivity index (χ1n) is 12.2. The van der Waals surface area contributed by atoms with Crippen LogP contribution in [0.5, 0.6) is 11.8 Å². The van der Waals surface area contributed by atoms with E-state index in [9.17, 15) is 9.50 Å². The van der Waals surface area contributed by atoms with E-state index >= 15 is 4.39 Å². The predicted octanol–water partition coefficient (Wildman–Crippen LogP) is 5.30. The molecule has 1 aliphatic carbocycles. The molecular weight excluding hydrogens is 474 g/mol. The molecule has 184 valence electrons. The average Bonchev–Trinajstić information content (AvgIpc) is 3.50. The van der Waals surface area contributed by atoms with E-state index in [2.05, 4.69) is 15.2 Å². The summed E-state index contributed by atoms with van der Waals surface area (Å²) in [5.74, 6) is -0.950. The van der Waals surface area contributed by atoms with Crippen molar-refractivity contribution in [1.82, 2.24) is 15.3 Å². The molecule has 2 aromatic carbocycles. The molecule has 9 heteroatoms. The number of nitrogens with zero attached hydrogens (tertiary/aromatic N) is 3. The largest absolute Gasteiger partial charge is 0.507 e. The number of nitrogens with one attached hydrogen (secondary N) is 1. The highest BCUT2D eigenvalue weighted by atomic mass is 35.5. The molecule has 6 rings (SSSR count). The number of ether oxygens (including phenoxy) is 1. The summed E-state index contributed by atoms with van der Waals surface area (Å²) >= 11 is 6.51.